The number of rotatable bonds is 9. The first-order valence-electron chi connectivity index (χ1n) is 12.5. The Hall–Kier alpha value is -4.14. The maximum absolute atomic E-state index is 13.3. The topological polar surface area (TPSA) is 87.3 Å². The quantitative estimate of drug-likeness (QED) is 0.137. The van der Waals surface area contributed by atoms with Crippen LogP contribution in [0.3, 0.4) is 0 Å². The SMILES string of the molecule is Cc1ccc(NC(=O)CSc2cccc(NC(=O)/C(=C\c3cccc(Br)c3)NC(=O)c3ccccc3)c2)c(C)c1. The minimum atomic E-state index is -0.473. The monoisotopic (exact) mass is 613 g/mol. The lowest BCUT2D eigenvalue weighted by Gasteiger charge is -2.12. The molecule has 0 fully saturated rings. The molecule has 0 bridgehead atoms. The van der Waals surface area contributed by atoms with E-state index in [2.05, 4.69) is 31.9 Å². The number of anilines is 2. The van der Waals surface area contributed by atoms with Crippen molar-refractivity contribution in [2.75, 3.05) is 16.4 Å². The summed E-state index contributed by atoms with van der Waals surface area (Å²) in [5.41, 5.74) is 4.75. The van der Waals surface area contributed by atoms with E-state index in [0.717, 1.165) is 31.7 Å². The fraction of sp³-hybridized carbons (Fsp3) is 0.0938. The molecule has 0 saturated carbocycles. The summed E-state index contributed by atoms with van der Waals surface area (Å²) >= 11 is 4.81. The number of amides is 3. The van der Waals surface area contributed by atoms with Crippen molar-refractivity contribution in [1.29, 1.82) is 0 Å². The molecule has 0 aromatic heterocycles. The van der Waals surface area contributed by atoms with Crippen molar-refractivity contribution in [1.82, 2.24) is 5.32 Å². The zero-order chi connectivity index (χ0) is 28.5. The number of carbonyl (C=O) groups excluding carboxylic acids is 3. The van der Waals surface area contributed by atoms with Crippen LogP contribution in [0.25, 0.3) is 6.08 Å². The van der Waals surface area contributed by atoms with Crippen LogP contribution in [-0.2, 0) is 9.59 Å². The first-order chi connectivity index (χ1) is 19.3. The number of nitrogens with one attached hydrogen (secondary N) is 3. The number of benzene rings is 4. The van der Waals surface area contributed by atoms with Crippen LogP contribution >= 0.6 is 27.7 Å². The fourth-order valence-corrected chi connectivity index (χ4v) is 5.03. The van der Waals surface area contributed by atoms with Crippen molar-refractivity contribution in [3.8, 4) is 0 Å². The van der Waals surface area contributed by atoms with Crippen LogP contribution in [0.4, 0.5) is 11.4 Å². The summed E-state index contributed by atoms with van der Waals surface area (Å²) in [5, 5.41) is 8.56. The largest absolute Gasteiger partial charge is 0.325 e. The van der Waals surface area contributed by atoms with Gasteiger partial charge in [-0.15, -0.1) is 11.8 Å². The molecular formula is C32H28BrN3O3S. The van der Waals surface area contributed by atoms with Crippen LogP contribution < -0.4 is 16.0 Å². The van der Waals surface area contributed by atoms with Gasteiger partial charge in [0.05, 0.1) is 5.75 Å². The van der Waals surface area contributed by atoms with Gasteiger partial charge in [-0.2, -0.15) is 0 Å². The standard InChI is InChI=1S/C32H28BrN3O3S/c1-21-14-15-28(22(2)16-21)35-30(37)20-40-27-13-7-12-26(19-27)34-32(39)29(18-23-8-6-11-25(33)17-23)36-31(38)24-9-4-3-5-10-24/h3-19H,20H2,1-2H3,(H,34,39)(H,35,37)(H,36,38)/b29-18+. The minimum absolute atomic E-state index is 0.0952. The lowest BCUT2D eigenvalue weighted by Crippen LogP contribution is -2.30. The lowest BCUT2D eigenvalue weighted by molar-refractivity contribution is -0.114. The summed E-state index contributed by atoms with van der Waals surface area (Å²) in [6, 6.07) is 29.2. The van der Waals surface area contributed by atoms with E-state index in [-0.39, 0.29) is 17.4 Å². The van der Waals surface area contributed by atoms with E-state index < -0.39 is 11.8 Å². The highest BCUT2D eigenvalue weighted by Crippen LogP contribution is 2.23. The van der Waals surface area contributed by atoms with E-state index in [4.69, 9.17) is 0 Å². The van der Waals surface area contributed by atoms with Crippen LogP contribution in [0.15, 0.2) is 112 Å². The molecule has 6 nitrogen and oxygen atoms in total. The smallest absolute Gasteiger partial charge is 0.272 e. The molecule has 0 spiro atoms. The van der Waals surface area contributed by atoms with Crippen molar-refractivity contribution < 1.29 is 14.4 Å². The van der Waals surface area contributed by atoms with Gasteiger partial charge in [-0.1, -0.05) is 70.0 Å². The summed E-state index contributed by atoms with van der Waals surface area (Å²) in [4.78, 5) is 39.5. The molecule has 4 rings (SSSR count). The van der Waals surface area contributed by atoms with E-state index in [1.165, 1.54) is 11.8 Å². The Morgan fingerprint density at radius 1 is 0.825 bits per heavy atom. The second-order valence-corrected chi connectivity index (χ2v) is 11.0. The third-order valence-corrected chi connectivity index (χ3v) is 7.29. The van der Waals surface area contributed by atoms with Gasteiger partial charge in [0.25, 0.3) is 11.8 Å². The molecule has 8 heteroatoms. The maximum atomic E-state index is 13.3. The molecule has 0 aliphatic carbocycles. The van der Waals surface area contributed by atoms with E-state index in [9.17, 15) is 14.4 Å². The molecule has 0 aliphatic heterocycles. The molecule has 0 aliphatic rings. The summed E-state index contributed by atoms with van der Waals surface area (Å²) in [6.07, 6.45) is 1.62. The Morgan fingerprint density at radius 3 is 2.35 bits per heavy atom. The second-order valence-electron chi connectivity index (χ2n) is 9.07. The Bertz CT molecular complexity index is 1570. The Labute approximate surface area is 246 Å². The van der Waals surface area contributed by atoms with Gasteiger partial charge in [-0.25, -0.2) is 0 Å². The zero-order valence-electron chi connectivity index (χ0n) is 22.0. The second kappa shape index (κ2) is 13.8. The first-order valence-corrected chi connectivity index (χ1v) is 14.3. The molecule has 0 heterocycles. The number of hydrogen-bond donors (Lipinski definition) is 3. The van der Waals surface area contributed by atoms with Gasteiger partial charge in [0.15, 0.2) is 0 Å². The van der Waals surface area contributed by atoms with E-state index in [0.29, 0.717) is 11.3 Å². The van der Waals surface area contributed by atoms with E-state index in [1.54, 1.807) is 48.5 Å². The summed E-state index contributed by atoms with van der Waals surface area (Å²) < 4.78 is 0.849. The summed E-state index contributed by atoms with van der Waals surface area (Å²) in [6.45, 7) is 3.97. The van der Waals surface area contributed by atoms with Gasteiger partial charge < -0.3 is 16.0 Å². The summed E-state index contributed by atoms with van der Waals surface area (Å²) in [5.74, 6) is -0.768. The highest BCUT2D eigenvalue weighted by atomic mass is 79.9. The highest BCUT2D eigenvalue weighted by molar-refractivity contribution is 9.10. The van der Waals surface area contributed by atoms with Crippen molar-refractivity contribution in [2.45, 2.75) is 18.7 Å². The van der Waals surface area contributed by atoms with Crippen LogP contribution in [0.1, 0.15) is 27.0 Å². The average molecular weight is 615 g/mol. The van der Waals surface area contributed by atoms with E-state index >= 15 is 0 Å². The third-order valence-electron chi connectivity index (χ3n) is 5.81. The van der Waals surface area contributed by atoms with Crippen LogP contribution in [-0.4, -0.2) is 23.5 Å². The normalized spacial score (nSPS) is 11.0. The molecule has 0 saturated heterocycles. The number of aryl methyl sites for hydroxylation is 2. The summed E-state index contributed by atoms with van der Waals surface area (Å²) in [7, 11) is 0. The zero-order valence-corrected chi connectivity index (χ0v) is 24.4. The van der Waals surface area contributed by atoms with Crippen LogP contribution in [0.5, 0.6) is 0 Å². The highest BCUT2D eigenvalue weighted by Gasteiger charge is 2.16. The van der Waals surface area contributed by atoms with Crippen molar-refractivity contribution >= 4 is 62.9 Å². The Balaban J connectivity index is 1.45. The minimum Gasteiger partial charge on any atom is -0.325 e. The number of carbonyl (C=O) groups is 3. The predicted octanol–water partition coefficient (Wildman–Crippen LogP) is 7.21. The fourth-order valence-electron chi connectivity index (χ4n) is 3.86. The molecule has 4 aromatic carbocycles. The van der Waals surface area contributed by atoms with Gasteiger partial charge >= 0.3 is 0 Å². The molecule has 0 atom stereocenters. The van der Waals surface area contributed by atoms with Crippen molar-refractivity contribution in [2.24, 2.45) is 0 Å². The van der Waals surface area contributed by atoms with Crippen molar-refractivity contribution in [3.63, 3.8) is 0 Å². The number of hydrogen-bond acceptors (Lipinski definition) is 4. The van der Waals surface area contributed by atoms with Crippen LogP contribution in [0, 0.1) is 13.8 Å². The molecule has 202 valence electrons. The number of halogens is 1. The molecule has 3 amide bonds. The van der Waals surface area contributed by atoms with Crippen LogP contribution in [0.2, 0.25) is 0 Å². The average Bonchev–Trinajstić information content (AvgIpc) is 2.94. The van der Waals surface area contributed by atoms with Gasteiger partial charge in [0.2, 0.25) is 5.91 Å². The van der Waals surface area contributed by atoms with Gasteiger partial charge in [-0.05, 0) is 79.6 Å². The molecule has 0 radical (unpaired) electrons. The van der Waals surface area contributed by atoms with E-state index in [1.807, 2.05) is 68.4 Å². The maximum Gasteiger partial charge on any atom is 0.272 e. The Morgan fingerprint density at radius 2 is 1.60 bits per heavy atom. The van der Waals surface area contributed by atoms with Gasteiger partial charge in [-0.3, -0.25) is 14.4 Å². The molecule has 4 aromatic rings. The van der Waals surface area contributed by atoms with Gasteiger partial charge in [0.1, 0.15) is 5.70 Å². The first kappa shape index (κ1) is 28.9. The molecule has 40 heavy (non-hydrogen) atoms. The number of thioether (sulfide) groups is 1. The predicted molar refractivity (Wildman–Crippen MR) is 166 cm³/mol. The molecular weight excluding hydrogens is 586 g/mol. The van der Waals surface area contributed by atoms with Gasteiger partial charge in [0, 0.05) is 26.3 Å². The van der Waals surface area contributed by atoms with Crippen molar-refractivity contribution in [3.05, 3.63) is 129 Å². The third kappa shape index (κ3) is 8.43. The molecule has 0 unspecified atom stereocenters. The molecule has 3 N–H and O–H groups in total. The Kier molecular flexibility index (Phi) is 9.94. The lowest BCUT2D eigenvalue weighted by atomic mass is 10.1.